The molecule has 2 heterocycles. The molecule has 1 amide bonds. The monoisotopic (exact) mass is 290 g/mol. The molecule has 1 aromatic carbocycles. The Kier molecular flexibility index (Phi) is 3.88. The van der Waals surface area contributed by atoms with E-state index in [-0.39, 0.29) is 17.7 Å². The molecular weight excluding hydrogens is 272 g/mol. The lowest BCUT2D eigenvalue weighted by atomic mass is 10.1. The fourth-order valence-electron chi connectivity index (χ4n) is 3.03. The van der Waals surface area contributed by atoms with E-state index in [2.05, 4.69) is 0 Å². The van der Waals surface area contributed by atoms with E-state index >= 15 is 0 Å². The number of carbonyl (C=O) groups excluding carboxylic acids is 1. The molecule has 2 aliphatic rings. The molecule has 112 valence electrons. The molecule has 1 aromatic rings. The molecule has 0 bridgehead atoms. The zero-order valence-electron chi connectivity index (χ0n) is 11.8. The van der Waals surface area contributed by atoms with Gasteiger partial charge < -0.3 is 9.64 Å². The van der Waals surface area contributed by atoms with Crippen molar-refractivity contribution in [3.05, 3.63) is 33.9 Å². The van der Waals surface area contributed by atoms with Crippen molar-refractivity contribution in [3.8, 4) is 0 Å². The van der Waals surface area contributed by atoms with E-state index < -0.39 is 4.92 Å². The van der Waals surface area contributed by atoms with Gasteiger partial charge in [-0.15, -0.1) is 0 Å². The third-order valence-corrected chi connectivity index (χ3v) is 4.11. The summed E-state index contributed by atoms with van der Waals surface area (Å²) in [6.07, 6.45) is 3.93. The number of rotatable bonds is 2. The number of benzene rings is 1. The summed E-state index contributed by atoms with van der Waals surface area (Å²) in [5.74, 6) is -0.00972. The number of nitro groups is 1. The average Bonchev–Trinajstić information content (AvgIpc) is 2.93. The van der Waals surface area contributed by atoms with Crippen LogP contribution in [-0.2, 0) is 16.0 Å². The molecule has 3 rings (SSSR count). The lowest BCUT2D eigenvalue weighted by molar-refractivity contribution is -0.384. The van der Waals surface area contributed by atoms with E-state index in [0.717, 1.165) is 43.4 Å². The number of aryl methyl sites for hydroxylation is 1. The lowest BCUT2D eigenvalue weighted by Gasteiger charge is -2.25. The van der Waals surface area contributed by atoms with Crippen LogP contribution in [0.3, 0.4) is 0 Å². The molecule has 0 N–H and O–H groups in total. The van der Waals surface area contributed by atoms with Gasteiger partial charge in [-0.05, 0) is 43.7 Å². The van der Waals surface area contributed by atoms with Gasteiger partial charge in [0.1, 0.15) is 6.10 Å². The molecule has 1 saturated heterocycles. The van der Waals surface area contributed by atoms with Crippen LogP contribution >= 0.6 is 0 Å². The van der Waals surface area contributed by atoms with Crippen molar-refractivity contribution in [2.24, 2.45) is 0 Å². The first-order valence-corrected chi connectivity index (χ1v) is 7.37. The maximum absolute atomic E-state index is 12.6. The summed E-state index contributed by atoms with van der Waals surface area (Å²) in [5.41, 5.74) is 1.77. The number of carbonyl (C=O) groups is 1. The zero-order valence-corrected chi connectivity index (χ0v) is 11.8. The minimum Gasteiger partial charge on any atom is -0.368 e. The van der Waals surface area contributed by atoms with E-state index in [1.807, 2.05) is 0 Å². The van der Waals surface area contributed by atoms with Crippen LogP contribution < -0.4 is 4.90 Å². The van der Waals surface area contributed by atoms with E-state index in [9.17, 15) is 14.9 Å². The van der Waals surface area contributed by atoms with Crippen LogP contribution in [0, 0.1) is 10.1 Å². The molecule has 21 heavy (non-hydrogen) atoms. The first-order chi connectivity index (χ1) is 10.2. The highest BCUT2D eigenvalue weighted by Gasteiger charge is 2.31. The topological polar surface area (TPSA) is 72.7 Å². The third-order valence-electron chi connectivity index (χ3n) is 4.11. The number of fused-ring (bicyclic) bond motifs is 1. The summed E-state index contributed by atoms with van der Waals surface area (Å²) in [5, 5.41) is 10.9. The van der Waals surface area contributed by atoms with Gasteiger partial charge in [0.2, 0.25) is 0 Å². The van der Waals surface area contributed by atoms with Gasteiger partial charge in [0, 0.05) is 31.0 Å². The first-order valence-electron chi connectivity index (χ1n) is 7.37. The van der Waals surface area contributed by atoms with Crippen LogP contribution in [0.5, 0.6) is 0 Å². The number of nitro benzene ring substituents is 1. The van der Waals surface area contributed by atoms with Crippen LogP contribution in [0.1, 0.15) is 31.2 Å². The fourth-order valence-corrected chi connectivity index (χ4v) is 3.03. The number of non-ortho nitro benzene ring substituents is 1. The van der Waals surface area contributed by atoms with E-state index in [0.29, 0.717) is 13.2 Å². The molecule has 0 saturated carbocycles. The highest BCUT2D eigenvalue weighted by Crippen LogP contribution is 2.31. The van der Waals surface area contributed by atoms with Gasteiger partial charge in [-0.2, -0.15) is 0 Å². The van der Waals surface area contributed by atoms with Crippen molar-refractivity contribution in [2.45, 2.75) is 38.2 Å². The Morgan fingerprint density at radius 3 is 2.90 bits per heavy atom. The van der Waals surface area contributed by atoms with Crippen molar-refractivity contribution in [3.63, 3.8) is 0 Å². The van der Waals surface area contributed by atoms with Gasteiger partial charge >= 0.3 is 0 Å². The lowest BCUT2D eigenvalue weighted by Crippen LogP contribution is -2.39. The SMILES string of the molecule is O=C([C@H]1CCCO1)N1CCCCc2cc([N+](=O)[O-])ccc21. The summed E-state index contributed by atoms with van der Waals surface area (Å²) in [4.78, 5) is 24.9. The predicted molar refractivity (Wildman–Crippen MR) is 77.4 cm³/mol. The average molecular weight is 290 g/mol. The summed E-state index contributed by atoms with van der Waals surface area (Å²) < 4.78 is 5.49. The molecule has 6 heteroatoms. The molecule has 0 spiro atoms. The van der Waals surface area contributed by atoms with Crippen LogP contribution in [0.25, 0.3) is 0 Å². The van der Waals surface area contributed by atoms with Gasteiger partial charge in [0.25, 0.3) is 11.6 Å². The second-order valence-electron chi connectivity index (χ2n) is 5.52. The molecule has 6 nitrogen and oxygen atoms in total. The Morgan fingerprint density at radius 2 is 2.19 bits per heavy atom. The Hall–Kier alpha value is -1.95. The molecule has 0 radical (unpaired) electrons. The van der Waals surface area contributed by atoms with Gasteiger partial charge in [-0.25, -0.2) is 0 Å². The summed E-state index contributed by atoms with van der Waals surface area (Å²) >= 11 is 0. The molecule has 2 aliphatic heterocycles. The Bertz CT molecular complexity index is 567. The van der Waals surface area contributed by atoms with E-state index in [4.69, 9.17) is 4.74 Å². The Labute approximate surface area is 122 Å². The minimum atomic E-state index is -0.391. The molecular formula is C15H18N2O4. The van der Waals surface area contributed by atoms with E-state index in [1.54, 1.807) is 17.0 Å². The predicted octanol–water partition coefficient (Wildman–Crippen LogP) is 2.44. The summed E-state index contributed by atoms with van der Waals surface area (Å²) in [6, 6.07) is 4.77. The number of anilines is 1. The third kappa shape index (κ3) is 2.76. The smallest absolute Gasteiger partial charge is 0.269 e. The molecule has 0 aromatic heterocycles. The van der Waals surface area contributed by atoms with E-state index in [1.165, 1.54) is 6.07 Å². The number of hydrogen-bond donors (Lipinski definition) is 0. The van der Waals surface area contributed by atoms with Crippen LogP contribution in [-0.4, -0.2) is 30.1 Å². The molecule has 1 atom stereocenters. The maximum atomic E-state index is 12.6. The molecule has 0 unspecified atom stereocenters. The largest absolute Gasteiger partial charge is 0.368 e. The van der Waals surface area contributed by atoms with Crippen molar-refractivity contribution in [2.75, 3.05) is 18.1 Å². The standard InChI is InChI=1S/C15H18N2O4/c18-15(14-5-3-9-21-14)16-8-2-1-4-11-10-12(17(19)20)6-7-13(11)16/h6-7,10,14H,1-5,8-9H2/t14-/m1/s1. The quantitative estimate of drug-likeness (QED) is 0.619. The van der Waals surface area contributed by atoms with Gasteiger partial charge in [0.05, 0.1) is 4.92 Å². The molecule has 0 aliphatic carbocycles. The highest BCUT2D eigenvalue weighted by molar-refractivity contribution is 5.97. The maximum Gasteiger partial charge on any atom is 0.269 e. The van der Waals surface area contributed by atoms with Crippen molar-refractivity contribution in [1.29, 1.82) is 0 Å². The van der Waals surface area contributed by atoms with Gasteiger partial charge in [0.15, 0.2) is 0 Å². The fraction of sp³-hybridized carbons (Fsp3) is 0.533. The van der Waals surface area contributed by atoms with Crippen molar-refractivity contribution in [1.82, 2.24) is 0 Å². The number of nitrogens with zero attached hydrogens (tertiary/aromatic N) is 2. The second-order valence-corrected chi connectivity index (χ2v) is 5.52. The number of hydrogen-bond acceptors (Lipinski definition) is 4. The number of ether oxygens (including phenoxy) is 1. The van der Waals surface area contributed by atoms with Crippen LogP contribution in [0.15, 0.2) is 18.2 Å². The minimum absolute atomic E-state index is 0.00972. The van der Waals surface area contributed by atoms with Gasteiger partial charge in [-0.3, -0.25) is 14.9 Å². The second kappa shape index (κ2) is 5.81. The zero-order chi connectivity index (χ0) is 14.8. The highest BCUT2D eigenvalue weighted by atomic mass is 16.6. The summed E-state index contributed by atoms with van der Waals surface area (Å²) in [7, 11) is 0. The Balaban J connectivity index is 1.92. The van der Waals surface area contributed by atoms with Crippen molar-refractivity contribution >= 4 is 17.3 Å². The van der Waals surface area contributed by atoms with Crippen LogP contribution in [0.2, 0.25) is 0 Å². The number of amides is 1. The molecule has 1 fully saturated rings. The summed E-state index contributed by atoms with van der Waals surface area (Å²) in [6.45, 7) is 1.29. The van der Waals surface area contributed by atoms with Crippen molar-refractivity contribution < 1.29 is 14.5 Å². The first kappa shape index (κ1) is 14.0. The van der Waals surface area contributed by atoms with Gasteiger partial charge in [-0.1, -0.05) is 0 Å². The van der Waals surface area contributed by atoms with Crippen LogP contribution in [0.4, 0.5) is 11.4 Å². The Morgan fingerprint density at radius 1 is 1.33 bits per heavy atom. The normalized spacial score (nSPS) is 21.7.